The summed E-state index contributed by atoms with van der Waals surface area (Å²) in [5.74, 6) is -1.75. The van der Waals surface area contributed by atoms with Crippen LogP contribution in [0, 0.1) is 0 Å². The van der Waals surface area contributed by atoms with Crippen molar-refractivity contribution in [2.75, 3.05) is 12.4 Å². The normalized spacial score (nSPS) is 14.7. The molecule has 1 aromatic rings. The molecular formula is C13H19NO5S. The Bertz CT molecular complexity index is 529. The molecule has 0 spiro atoms. The van der Waals surface area contributed by atoms with Crippen molar-refractivity contribution in [1.82, 2.24) is 4.72 Å². The van der Waals surface area contributed by atoms with Gasteiger partial charge in [-0.25, -0.2) is 13.1 Å². The summed E-state index contributed by atoms with van der Waals surface area (Å²) in [6, 6.07) is 7.82. The topological polar surface area (TPSA) is 104 Å². The van der Waals surface area contributed by atoms with E-state index in [2.05, 4.69) is 4.72 Å². The number of rotatable bonds is 8. The Labute approximate surface area is 118 Å². The highest BCUT2D eigenvalue weighted by atomic mass is 32.2. The van der Waals surface area contributed by atoms with E-state index in [0.717, 1.165) is 5.56 Å². The minimum absolute atomic E-state index is 0.158. The van der Waals surface area contributed by atoms with Gasteiger partial charge >= 0.3 is 5.97 Å². The van der Waals surface area contributed by atoms with Gasteiger partial charge in [0.25, 0.3) is 0 Å². The Morgan fingerprint density at radius 1 is 1.30 bits per heavy atom. The molecule has 2 atom stereocenters. The summed E-state index contributed by atoms with van der Waals surface area (Å²) in [4.78, 5) is 10.9. The molecule has 3 N–H and O–H groups in total. The first-order valence-corrected chi connectivity index (χ1v) is 7.89. The van der Waals surface area contributed by atoms with E-state index in [-0.39, 0.29) is 18.1 Å². The van der Waals surface area contributed by atoms with E-state index in [1.54, 1.807) is 6.92 Å². The van der Waals surface area contributed by atoms with Crippen molar-refractivity contribution < 1.29 is 23.4 Å². The number of aliphatic hydroxyl groups excluding tert-OH is 1. The zero-order valence-electron chi connectivity index (χ0n) is 11.2. The van der Waals surface area contributed by atoms with Crippen molar-refractivity contribution in [3.8, 4) is 0 Å². The lowest BCUT2D eigenvalue weighted by atomic mass is 10.0. The standard InChI is InChI=1S/C13H19NO5S/c1-10(11-5-3-2-4-6-11)9-20(18,19)14-12(7-8-15)13(16)17/h2-6,10,12,14-15H,7-9H2,1H3,(H,16,17)/t10?,12-/m0/s1. The minimum atomic E-state index is -3.74. The van der Waals surface area contributed by atoms with Crippen molar-refractivity contribution in [2.45, 2.75) is 25.3 Å². The third kappa shape index (κ3) is 5.28. The van der Waals surface area contributed by atoms with Gasteiger partial charge < -0.3 is 10.2 Å². The van der Waals surface area contributed by atoms with Crippen molar-refractivity contribution in [2.24, 2.45) is 0 Å². The Morgan fingerprint density at radius 2 is 1.90 bits per heavy atom. The highest BCUT2D eigenvalue weighted by Crippen LogP contribution is 2.16. The molecule has 0 bridgehead atoms. The van der Waals surface area contributed by atoms with E-state index >= 15 is 0 Å². The number of hydrogen-bond donors (Lipinski definition) is 3. The first-order chi connectivity index (χ1) is 9.35. The molecule has 1 aromatic carbocycles. The second-order valence-electron chi connectivity index (χ2n) is 4.61. The molecule has 6 nitrogen and oxygen atoms in total. The van der Waals surface area contributed by atoms with Gasteiger partial charge in [0.05, 0.1) is 5.75 Å². The van der Waals surface area contributed by atoms with Crippen molar-refractivity contribution >= 4 is 16.0 Å². The summed E-state index contributed by atoms with van der Waals surface area (Å²) in [6.07, 6.45) is -0.158. The molecule has 112 valence electrons. The van der Waals surface area contributed by atoms with Gasteiger partial charge in [0, 0.05) is 6.61 Å². The summed E-state index contributed by atoms with van der Waals surface area (Å²) < 4.78 is 26.0. The molecule has 0 saturated heterocycles. The maximum atomic E-state index is 11.9. The van der Waals surface area contributed by atoms with Crippen LogP contribution in [0.2, 0.25) is 0 Å². The van der Waals surface area contributed by atoms with Crippen LogP contribution in [-0.2, 0) is 14.8 Å². The van der Waals surface area contributed by atoms with Crippen LogP contribution < -0.4 is 4.72 Å². The Morgan fingerprint density at radius 3 is 2.40 bits per heavy atom. The Kier molecular flexibility index (Phi) is 6.12. The number of aliphatic carboxylic acids is 1. The monoisotopic (exact) mass is 301 g/mol. The smallest absolute Gasteiger partial charge is 0.321 e. The number of carboxylic acid groups (broad SMARTS) is 1. The third-order valence-electron chi connectivity index (χ3n) is 2.88. The van der Waals surface area contributed by atoms with Gasteiger partial charge in [-0.05, 0) is 17.9 Å². The van der Waals surface area contributed by atoms with E-state index in [1.807, 2.05) is 30.3 Å². The van der Waals surface area contributed by atoms with E-state index in [0.29, 0.717) is 0 Å². The molecule has 0 radical (unpaired) electrons. The number of aliphatic hydroxyl groups is 1. The number of sulfonamides is 1. The number of carboxylic acids is 1. The largest absolute Gasteiger partial charge is 0.480 e. The second kappa shape index (κ2) is 7.37. The van der Waals surface area contributed by atoms with Gasteiger partial charge in [-0.15, -0.1) is 0 Å². The fourth-order valence-electron chi connectivity index (χ4n) is 1.83. The number of carbonyl (C=O) groups is 1. The molecule has 1 unspecified atom stereocenters. The minimum Gasteiger partial charge on any atom is -0.480 e. The van der Waals surface area contributed by atoms with E-state index < -0.39 is 28.6 Å². The zero-order chi connectivity index (χ0) is 15.2. The summed E-state index contributed by atoms with van der Waals surface area (Å²) >= 11 is 0. The van der Waals surface area contributed by atoms with Gasteiger partial charge in [-0.1, -0.05) is 37.3 Å². The van der Waals surface area contributed by atoms with Crippen LogP contribution in [0.5, 0.6) is 0 Å². The molecular weight excluding hydrogens is 282 g/mol. The third-order valence-corrected chi connectivity index (χ3v) is 4.46. The van der Waals surface area contributed by atoms with E-state index in [4.69, 9.17) is 10.2 Å². The van der Waals surface area contributed by atoms with Crippen LogP contribution in [0.15, 0.2) is 30.3 Å². The molecule has 1 rings (SSSR count). The Hall–Kier alpha value is -1.44. The molecule has 0 fully saturated rings. The predicted octanol–water partition coefficient (Wildman–Crippen LogP) is 0.545. The summed E-state index contributed by atoms with van der Waals surface area (Å²) in [7, 11) is -3.74. The molecule has 20 heavy (non-hydrogen) atoms. The van der Waals surface area contributed by atoms with E-state index in [1.165, 1.54) is 0 Å². The molecule has 7 heteroatoms. The molecule has 0 aliphatic heterocycles. The highest BCUT2D eigenvalue weighted by Gasteiger charge is 2.25. The molecule has 0 amide bonds. The average Bonchev–Trinajstić information content (AvgIpc) is 2.38. The number of benzene rings is 1. The maximum absolute atomic E-state index is 11.9. The summed E-state index contributed by atoms with van der Waals surface area (Å²) in [5.41, 5.74) is 0.868. The maximum Gasteiger partial charge on any atom is 0.321 e. The van der Waals surface area contributed by atoms with Gasteiger partial charge in [0.15, 0.2) is 0 Å². The van der Waals surface area contributed by atoms with Gasteiger partial charge in [-0.2, -0.15) is 0 Å². The lowest BCUT2D eigenvalue weighted by Gasteiger charge is -2.16. The Balaban J connectivity index is 2.72. The highest BCUT2D eigenvalue weighted by molar-refractivity contribution is 7.89. The van der Waals surface area contributed by atoms with Gasteiger partial charge in [-0.3, -0.25) is 4.79 Å². The fraction of sp³-hybridized carbons (Fsp3) is 0.462. The molecule has 0 aliphatic carbocycles. The van der Waals surface area contributed by atoms with Crippen LogP contribution in [-0.4, -0.2) is 43.0 Å². The second-order valence-corrected chi connectivity index (χ2v) is 6.41. The molecule has 0 saturated carbocycles. The van der Waals surface area contributed by atoms with Gasteiger partial charge in [0.2, 0.25) is 10.0 Å². The SMILES string of the molecule is CC(CS(=O)(=O)N[C@@H](CCO)C(=O)O)c1ccccc1. The summed E-state index contributed by atoms with van der Waals surface area (Å²) in [5, 5.41) is 17.6. The number of nitrogens with one attached hydrogen (secondary N) is 1. The summed E-state index contributed by atoms with van der Waals surface area (Å²) in [6.45, 7) is 1.37. The average molecular weight is 301 g/mol. The van der Waals surface area contributed by atoms with E-state index in [9.17, 15) is 13.2 Å². The lowest BCUT2D eigenvalue weighted by molar-refractivity contribution is -0.139. The first kappa shape index (κ1) is 16.6. The molecule has 0 aliphatic rings. The molecule has 0 heterocycles. The first-order valence-electron chi connectivity index (χ1n) is 6.24. The predicted molar refractivity (Wildman–Crippen MR) is 74.9 cm³/mol. The lowest BCUT2D eigenvalue weighted by Crippen LogP contribution is -2.43. The zero-order valence-corrected chi connectivity index (χ0v) is 12.0. The number of hydrogen-bond acceptors (Lipinski definition) is 4. The van der Waals surface area contributed by atoms with Crippen LogP contribution in [0.1, 0.15) is 24.8 Å². The van der Waals surface area contributed by atoms with Crippen LogP contribution >= 0.6 is 0 Å². The van der Waals surface area contributed by atoms with Crippen molar-refractivity contribution in [3.05, 3.63) is 35.9 Å². The van der Waals surface area contributed by atoms with Gasteiger partial charge in [0.1, 0.15) is 6.04 Å². The van der Waals surface area contributed by atoms with Crippen LogP contribution in [0.3, 0.4) is 0 Å². The van der Waals surface area contributed by atoms with Crippen molar-refractivity contribution in [3.63, 3.8) is 0 Å². The van der Waals surface area contributed by atoms with Crippen LogP contribution in [0.25, 0.3) is 0 Å². The fourth-order valence-corrected chi connectivity index (χ4v) is 3.43. The quantitative estimate of drug-likeness (QED) is 0.650. The van der Waals surface area contributed by atoms with Crippen molar-refractivity contribution in [1.29, 1.82) is 0 Å². The molecule has 0 aromatic heterocycles. The van der Waals surface area contributed by atoms with Crippen LogP contribution in [0.4, 0.5) is 0 Å².